The summed E-state index contributed by atoms with van der Waals surface area (Å²) in [6.45, 7) is 9.78. The van der Waals surface area contributed by atoms with E-state index in [9.17, 15) is 9.59 Å². The number of nitrogen functional groups attached to an aromatic ring is 1. The fourth-order valence-corrected chi connectivity index (χ4v) is 4.82. The van der Waals surface area contributed by atoms with Crippen LogP contribution in [-0.4, -0.2) is 66.2 Å². The van der Waals surface area contributed by atoms with Crippen molar-refractivity contribution in [1.29, 1.82) is 0 Å². The van der Waals surface area contributed by atoms with Crippen LogP contribution in [0.15, 0.2) is 54.4 Å². The summed E-state index contributed by atoms with van der Waals surface area (Å²) in [7, 11) is 3.80. The van der Waals surface area contributed by atoms with Gasteiger partial charge in [-0.15, -0.1) is 6.58 Å². The first-order valence-corrected chi connectivity index (χ1v) is 14.1. The molecule has 5 N–H and O–H groups in total. The van der Waals surface area contributed by atoms with Crippen molar-refractivity contribution < 1.29 is 4.79 Å². The van der Waals surface area contributed by atoms with Crippen molar-refractivity contribution in [2.75, 3.05) is 31.2 Å². The number of aryl methyl sites for hydroxylation is 1. The maximum absolute atomic E-state index is 12.8. The van der Waals surface area contributed by atoms with Gasteiger partial charge in [0.1, 0.15) is 5.52 Å². The van der Waals surface area contributed by atoms with Gasteiger partial charge in [-0.2, -0.15) is 10.1 Å². The number of nitrogens with one attached hydrogen (secondary N) is 3. The van der Waals surface area contributed by atoms with E-state index in [0.29, 0.717) is 35.5 Å². The van der Waals surface area contributed by atoms with Crippen LogP contribution in [0.5, 0.6) is 0 Å². The van der Waals surface area contributed by atoms with Crippen LogP contribution in [0.2, 0.25) is 0 Å². The van der Waals surface area contributed by atoms with Gasteiger partial charge in [0.25, 0.3) is 5.91 Å². The summed E-state index contributed by atoms with van der Waals surface area (Å²) in [6.07, 6.45) is 12.1. The van der Waals surface area contributed by atoms with Gasteiger partial charge < -0.3 is 26.3 Å². The smallest absolute Gasteiger partial charge is 0.254 e. The Hall–Kier alpha value is -4.58. The van der Waals surface area contributed by atoms with Crippen LogP contribution < -0.4 is 21.9 Å². The van der Waals surface area contributed by atoms with Gasteiger partial charge in [0.15, 0.2) is 5.82 Å². The summed E-state index contributed by atoms with van der Waals surface area (Å²) in [6, 6.07) is 3.46. The standard InChI is InChI=1S/C30H40N10O2/c1-6-8-10-30(3,19-34-28(42)22-16-35-40(5)18-22)38-27-26-24(36-29(31)37-27)12-20(14-33-26)23-13-25(41)32-15-21(23)17-39(4)11-9-7-2/h7,12-16,18H,2,6,8-11,17,19H2,1,3-5H3,(H,32,41)(H,34,42)(H3,31,36,37,38)/t30-/m1/s1. The molecule has 0 aliphatic rings. The predicted octanol–water partition coefficient (Wildman–Crippen LogP) is 3.49. The first-order chi connectivity index (χ1) is 20.1. The SMILES string of the molecule is C=CCCN(C)Cc1c[nH]c(=O)cc1-c1cnc2c(N[C@](C)(CCCC)CNC(=O)c3cnn(C)c3)nc(N)nc2c1. The average molecular weight is 573 g/mol. The molecule has 12 nitrogen and oxygen atoms in total. The number of anilines is 2. The summed E-state index contributed by atoms with van der Waals surface area (Å²) >= 11 is 0. The average Bonchev–Trinajstić information content (AvgIpc) is 3.40. The second-order valence-electron chi connectivity index (χ2n) is 10.9. The lowest BCUT2D eigenvalue weighted by atomic mass is 9.94. The highest BCUT2D eigenvalue weighted by atomic mass is 16.1. The van der Waals surface area contributed by atoms with Crippen LogP contribution in [0, 0.1) is 0 Å². The summed E-state index contributed by atoms with van der Waals surface area (Å²) < 4.78 is 1.59. The molecule has 0 spiro atoms. The van der Waals surface area contributed by atoms with Gasteiger partial charge in [-0.1, -0.05) is 25.8 Å². The highest BCUT2D eigenvalue weighted by Crippen LogP contribution is 2.29. The second-order valence-corrected chi connectivity index (χ2v) is 10.9. The minimum Gasteiger partial charge on any atom is -0.368 e. The van der Waals surface area contributed by atoms with E-state index in [0.717, 1.165) is 48.9 Å². The Kier molecular flexibility index (Phi) is 9.68. The highest BCUT2D eigenvalue weighted by Gasteiger charge is 2.27. The van der Waals surface area contributed by atoms with Crippen LogP contribution >= 0.6 is 0 Å². The first-order valence-electron chi connectivity index (χ1n) is 14.1. The number of hydrogen-bond donors (Lipinski definition) is 4. The quantitative estimate of drug-likeness (QED) is 0.166. The number of rotatable bonds is 14. The van der Waals surface area contributed by atoms with Crippen molar-refractivity contribution in [2.45, 2.75) is 51.6 Å². The summed E-state index contributed by atoms with van der Waals surface area (Å²) in [5.41, 5.74) is 9.48. The monoisotopic (exact) mass is 572 g/mol. The number of pyridine rings is 2. The number of H-pyrrole nitrogens is 1. The van der Waals surface area contributed by atoms with Crippen molar-refractivity contribution in [2.24, 2.45) is 7.05 Å². The van der Waals surface area contributed by atoms with Gasteiger partial charge >= 0.3 is 0 Å². The molecule has 0 unspecified atom stereocenters. The lowest BCUT2D eigenvalue weighted by Crippen LogP contribution is -2.46. The van der Waals surface area contributed by atoms with Crippen molar-refractivity contribution in [3.63, 3.8) is 0 Å². The molecule has 1 atom stereocenters. The van der Waals surface area contributed by atoms with Crippen molar-refractivity contribution in [1.82, 2.24) is 39.9 Å². The van der Waals surface area contributed by atoms with Gasteiger partial charge in [0.05, 0.1) is 22.8 Å². The fraction of sp³-hybridized carbons (Fsp3) is 0.400. The molecule has 12 heteroatoms. The zero-order valence-electron chi connectivity index (χ0n) is 24.8. The Morgan fingerprint density at radius 3 is 2.81 bits per heavy atom. The molecular formula is C30H40N10O2. The molecule has 42 heavy (non-hydrogen) atoms. The molecule has 222 valence electrons. The highest BCUT2D eigenvalue weighted by molar-refractivity contribution is 5.94. The first kappa shape index (κ1) is 30.4. The number of fused-ring (bicyclic) bond motifs is 1. The van der Waals surface area contributed by atoms with E-state index in [1.54, 1.807) is 36.4 Å². The minimum absolute atomic E-state index is 0.0940. The molecular weight excluding hydrogens is 532 g/mol. The van der Waals surface area contributed by atoms with E-state index in [1.165, 1.54) is 6.20 Å². The van der Waals surface area contributed by atoms with Crippen LogP contribution in [0.3, 0.4) is 0 Å². The van der Waals surface area contributed by atoms with Crippen molar-refractivity contribution >= 4 is 28.7 Å². The predicted molar refractivity (Wildman–Crippen MR) is 166 cm³/mol. The maximum Gasteiger partial charge on any atom is 0.254 e. The molecule has 4 aromatic heterocycles. The molecule has 4 heterocycles. The number of hydrogen-bond acceptors (Lipinski definition) is 9. The summed E-state index contributed by atoms with van der Waals surface area (Å²) in [4.78, 5) is 43.7. The fourth-order valence-electron chi connectivity index (χ4n) is 4.82. The third-order valence-corrected chi connectivity index (χ3v) is 7.14. The van der Waals surface area contributed by atoms with Gasteiger partial charge in [-0.05, 0) is 44.0 Å². The molecule has 4 aromatic rings. The normalized spacial score (nSPS) is 12.8. The van der Waals surface area contributed by atoms with Crippen molar-refractivity contribution in [3.8, 4) is 11.1 Å². The summed E-state index contributed by atoms with van der Waals surface area (Å²) in [5, 5.41) is 10.6. The molecule has 0 aromatic carbocycles. The number of carbonyl (C=O) groups is 1. The molecule has 0 saturated heterocycles. The van der Waals surface area contributed by atoms with Crippen LogP contribution in [0.1, 0.15) is 55.5 Å². The zero-order chi connectivity index (χ0) is 30.3. The van der Waals surface area contributed by atoms with E-state index in [4.69, 9.17) is 10.7 Å². The van der Waals surface area contributed by atoms with E-state index in [-0.39, 0.29) is 17.4 Å². The molecule has 0 saturated carbocycles. The number of nitrogens with zero attached hydrogens (tertiary/aromatic N) is 6. The number of amides is 1. The maximum atomic E-state index is 12.8. The van der Waals surface area contributed by atoms with E-state index < -0.39 is 5.54 Å². The number of nitrogens with two attached hydrogens (primary N) is 1. The van der Waals surface area contributed by atoms with Gasteiger partial charge in [-0.25, -0.2) is 4.98 Å². The molecule has 0 aliphatic heterocycles. The molecule has 0 radical (unpaired) electrons. The number of aromatic nitrogens is 6. The number of carbonyl (C=O) groups excluding carboxylic acids is 1. The number of aromatic amines is 1. The Balaban J connectivity index is 1.64. The molecule has 4 rings (SSSR count). The summed E-state index contributed by atoms with van der Waals surface area (Å²) in [5.74, 6) is 0.372. The minimum atomic E-state index is -0.544. The largest absolute Gasteiger partial charge is 0.368 e. The van der Waals surface area contributed by atoms with Gasteiger partial charge in [0, 0.05) is 56.9 Å². The zero-order valence-corrected chi connectivity index (χ0v) is 24.8. The van der Waals surface area contributed by atoms with Gasteiger partial charge in [0.2, 0.25) is 11.5 Å². The molecule has 0 fully saturated rings. The Bertz CT molecular complexity index is 1610. The van der Waals surface area contributed by atoms with E-state index in [2.05, 4.69) is 49.1 Å². The van der Waals surface area contributed by atoms with Gasteiger partial charge in [-0.3, -0.25) is 19.3 Å². The van der Waals surface area contributed by atoms with Crippen LogP contribution in [0.25, 0.3) is 22.2 Å². The lowest BCUT2D eigenvalue weighted by molar-refractivity contribution is 0.0945. The lowest BCUT2D eigenvalue weighted by Gasteiger charge is -2.32. The number of unbranched alkanes of at least 4 members (excludes halogenated alkanes) is 1. The van der Waals surface area contributed by atoms with E-state index in [1.807, 2.05) is 26.1 Å². The van der Waals surface area contributed by atoms with Crippen molar-refractivity contribution in [3.05, 3.63) is 71.1 Å². The second kappa shape index (κ2) is 13.4. The third-order valence-electron chi connectivity index (χ3n) is 7.14. The van der Waals surface area contributed by atoms with Crippen LogP contribution in [0.4, 0.5) is 11.8 Å². The third kappa shape index (κ3) is 7.58. The Labute approximate surface area is 245 Å². The molecule has 1 amide bonds. The molecule has 0 aliphatic carbocycles. The topological polar surface area (TPSA) is 160 Å². The van der Waals surface area contributed by atoms with Crippen LogP contribution in [-0.2, 0) is 13.6 Å². The van der Waals surface area contributed by atoms with E-state index >= 15 is 0 Å². The Morgan fingerprint density at radius 1 is 1.29 bits per heavy atom. The Morgan fingerprint density at radius 2 is 2.10 bits per heavy atom. The molecule has 0 bridgehead atoms.